The minimum absolute atomic E-state index is 0.0531. The Kier molecular flexibility index (Phi) is 3.28. The van der Waals surface area contributed by atoms with Crippen LogP contribution < -0.4 is 5.11 Å². The highest BCUT2D eigenvalue weighted by molar-refractivity contribution is 5.85. The first kappa shape index (κ1) is 10.0. The summed E-state index contributed by atoms with van der Waals surface area (Å²) in [4.78, 5) is 23.3. The summed E-state index contributed by atoms with van der Waals surface area (Å²) in [7, 11) is 0. The maximum atomic E-state index is 11.2. The van der Waals surface area contributed by atoms with Crippen molar-refractivity contribution in [2.75, 3.05) is 13.1 Å². The molecule has 0 aromatic rings. The van der Waals surface area contributed by atoms with Gasteiger partial charge in [-0.25, -0.2) is 0 Å². The lowest BCUT2D eigenvalue weighted by Crippen LogP contribution is -2.33. The molecule has 74 valence electrons. The second-order valence-electron chi connectivity index (χ2n) is 3.41. The molecule has 1 saturated heterocycles. The largest absolute Gasteiger partial charge is 0.550 e. The summed E-state index contributed by atoms with van der Waals surface area (Å²) >= 11 is 0. The van der Waals surface area contributed by atoms with Crippen LogP contribution in [-0.4, -0.2) is 29.9 Å². The Morgan fingerprint density at radius 3 is 2.85 bits per heavy atom. The maximum Gasteiger partial charge on any atom is 0.223 e. The quantitative estimate of drug-likeness (QED) is 0.585. The van der Waals surface area contributed by atoms with Crippen molar-refractivity contribution >= 4 is 11.9 Å². The molecular formula is C9H14NO3-. The van der Waals surface area contributed by atoms with Gasteiger partial charge >= 0.3 is 0 Å². The number of carbonyl (C=O) groups is 2. The number of carbonyl (C=O) groups excluding carboxylic acids is 2. The maximum absolute atomic E-state index is 11.2. The average Bonchev–Trinajstić information content (AvgIpc) is 2.44. The molecule has 1 atom stereocenters. The van der Waals surface area contributed by atoms with Crippen molar-refractivity contribution in [3.8, 4) is 0 Å². The van der Waals surface area contributed by atoms with Gasteiger partial charge in [0.05, 0.1) is 0 Å². The molecular weight excluding hydrogens is 170 g/mol. The first-order chi connectivity index (χ1) is 6.15. The molecule has 1 amide bonds. The van der Waals surface area contributed by atoms with Crippen LogP contribution in [0.5, 0.6) is 0 Å². The van der Waals surface area contributed by atoms with Crippen LogP contribution >= 0.6 is 0 Å². The Bertz CT molecular complexity index is 215. The van der Waals surface area contributed by atoms with Crippen LogP contribution in [0.3, 0.4) is 0 Å². The van der Waals surface area contributed by atoms with Crippen molar-refractivity contribution in [2.24, 2.45) is 5.92 Å². The van der Waals surface area contributed by atoms with E-state index in [1.54, 1.807) is 4.90 Å². The molecule has 0 spiro atoms. The topological polar surface area (TPSA) is 60.4 Å². The molecule has 0 radical (unpaired) electrons. The van der Waals surface area contributed by atoms with Crippen molar-refractivity contribution in [3.63, 3.8) is 0 Å². The molecule has 4 heteroatoms. The zero-order valence-electron chi connectivity index (χ0n) is 7.78. The first-order valence-electron chi connectivity index (χ1n) is 4.63. The fourth-order valence-electron chi connectivity index (χ4n) is 1.50. The molecule has 1 aliphatic heterocycles. The van der Waals surface area contributed by atoms with Gasteiger partial charge in [0.15, 0.2) is 0 Å². The van der Waals surface area contributed by atoms with E-state index < -0.39 is 11.9 Å². The van der Waals surface area contributed by atoms with E-state index in [1.165, 1.54) is 0 Å². The van der Waals surface area contributed by atoms with Gasteiger partial charge in [-0.05, 0) is 6.42 Å². The van der Waals surface area contributed by atoms with Gasteiger partial charge in [-0.2, -0.15) is 0 Å². The highest BCUT2D eigenvalue weighted by Gasteiger charge is 2.29. The molecule has 1 heterocycles. The minimum Gasteiger partial charge on any atom is -0.550 e. The predicted molar refractivity (Wildman–Crippen MR) is 44.6 cm³/mol. The highest BCUT2D eigenvalue weighted by Crippen LogP contribution is 2.17. The first-order valence-corrected chi connectivity index (χ1v) is 4.63. The van der Waals surface area contributed by atoms with Gasteiger partial charge < -0.3 is 14.8 Å². The van der Waals surface area contributed by atoms with Crippen LogP contribution in [0.1, 0.15) is 26.2 Å². The van der Waals surface area contributed by atoms with Crippen LogP contribution in [0.15, 0.2) is 0 Å². The Balaban J connectivity index is 2.42. The van der Waals surface area contributed by atoms with E-state index in [2.05, 4.69) is 0 Å². The molecule has 1 rings (SSSR count). The SMILES string of the molecule is CCCCN1C[C@@H](C(=O)[O-])CC1=O. The lowest BCUT2D eigenvalue weighted by atomic mass is 10.1. The van der Waals surface area contributed by atoms with Gasteiger partial charge in [0.1, 0.15) is 0 Å². The number of carboxylic acid groups (broad SMARTS) is 1. The van der Waals surface area contributed by atoms with Crippen molar-refractivity contribution in [1.29, 1.82) is 0 Å². The Labute approximate surface area is 77.5 Å². The van der Waals surface area contributed by atoms with E-state index in [-0.39, 0.29) is 12.3 Å². The van der Waals surface area contributed by atoms with Crippen LogP contribution in [0.4, 0.5) is 0 Å². The van der Waals surface area contributed by atoms with Gasteiger partial charge in [0.2, 0.25) is 5.91 Å². The number of nitrogens with zero attached hydrogens (tertiary/aromatic N) is 1. The lowest BCUT2D eigenvalue weighted by Gasteiger charge is -2.16. The molecule has 0 aliphatic carbocycles. The van der Waals surface area contributed by atoms with E-state index in [0.29, 0.717) is 13.1 Å². The summed E-state index contributed by atoms with van der Waals surface area (Å²) in [5, 5.41) is 10.5. The average molecular weight is 184 g/mol. The summed E-state index contributed by atoms with van der Waals surface area (Å²) in [5.41, 5.74) is 0. The number of amides is 1. The third kappa shape index (κ3) is 2.44. The molecule has 1 aliphatic rings. The number of rotatable bonds is 4. The van der Waals surface area contributed by atoms with E-state index in [0.717, 1.165) is 12.8 Å². The van der Waals surface area contributed by atoms with Gasteiger partial charge in [-0.15, -0.1) is 0 Å². The number of likely N-dealkylation sites (tertiary alicyclic amines) is 1. The van der Waals surface area contributed by atoms with Crippen LogP contribution in [0, 0.1) is 5.92 Å². The Morgan fingerprint density at radius 1 is 1.69 bits per heavy atom. The zero-order valence-corrected chi connectivity index (χ0v) is 7.78. The fraction of sp³-hybridized carbons (Fsp3) is 0.778. The molecule has 0 unspecified atom stereocenters. The normalized spacial score (nSPS) is 22.4. The van der Waals surface area contributed by atoms with Crippen molar-refractivity contribution in [3.05, 3.63) is 0 Å². The highest BCUT2D eigenvalue weighted by atomic mass is 16.4. The second kappa shape index (κ2) is 4.25. The summed E-state index contributed by atoms with van der Waals surface area (Å²) in [6.07, 6.45) is 2.07. The van der Waals surface area contributed by atoms with E-state index in [1.807, 2.05) is 6.92 Å². The molecule has 4 nitrogen and oxygen atoms in total. The van der Waals surface area contributed by atoms with Gasteiger partial charge in [-0.1, -0.05) is 13.3 Å². The number of hydrogen-bond acceptors (Lipinski definition) is 3. The van der Waals surface area contributed by atoms with Gasteiger partial charge in [-0.3, -0.25) is 4.79 Å². The second-order valence-corrected chi connectivity index (χ2v) is 3.41. The Hall–Kier alpha value is -1.06. The molecule has 13 heavy (non-hydrogen) atoms. The molecule has 0 saturated carbocycles. The standard InChI is InChI=1S/C9H15NO3/c1-2-3-4-10-6-7(9(12)13)5-8(10)11/h7H,2-6H2,1H3,(H,12,13)/p-1/t7-/m0/s1. The molecule has 0 aromatic heterocycles. The summed E-state index contributed by atoms with van der Waals surface area (Å²) < 4.78 is 0. The monoisotopic (exact) mass is 184 g/mol. The minimum atomic E-state index is -1.10. The van der Waals surface area contributed by atoms with Gasteiger partial charge in [0, 0.05) is 31.4 Å². The Morgan fingerprint density at radius 2 is 2.38 bits per heavy atom. The smallest absolute Gasteiger partial charge is 0.223 e. The van der Waals surface area contributed by atoms with Crippen molar-refractivity contribution < 1.29 is 14.7 Å². The third-order valence-electron chi connectivity index (χ3n) is 2.33. The van der Waals surface area contributed by atoms with E-state index in [9.17, 15) is 14.7 Å². The zero-order chi connectivity index (χ0) is 9.84. The number of carboxylic acids is 1. The van der Waals surface area contributed by atoms with Crippen molar-refractivity contribution in [1.82, 2.24) is 4.90 Å². The van der Waals surface area contributed by atoms with Crippen LogP contribution in [-0.2, 0) is 9.59 Å². The van der Waals surface area contributed by atoms with E-state index in [4.69, 9.17) is 0 Å². The molecule has 1 fully saturated rings. The molecule has 0 N–H and O–H groups in total. The third-order valence-corrected chi connectivity index (χ3v) is 2.33. The number of aliphatic carboxylic acids is 1. The van der Waals surface area contributed by atoms with Gasteiger partial charge in [0.25, 0.3) is 0 Å². The lowest BCUT2D eigenvalue weighted by molar-refractivity contribution is -0.311. The molecule has 0 bridgehead atoms. The number of unbranched alkanes of at least 4 members (excludes halogenated alkanes) is 1. The summed E-state index contributed by atoms with van der Waals surface area (Å²) in [6.45, 7) is 3.05. The molecule has 0 aromatic carbocycles. The fourth-order valence-corrected chi connectivity index (χ4v) is 1.50. The number of hydrogen-bond donors (Lipinski definition) is 0. The summed E-state index contributed by atoms with van der Waals surface area (Å²) in [6, 6.07) is 0. The van der Waals surface area contributed by atoms with E-state index >= 15 is 0 Å². The summed E-state index contributed by atoms with van der Waals surface area (Å²) in [5.74, 6) is -1.75. The van der Waals surface area contributed by atoms with Crippen molar-refractivity contribution in [2.45, 2.75) is 26.2 Å². The van der Waals surface area contributed by atoms with Crippen LogP contribution in [0.2, 0.25) is 0 Å². The van der Waals surface area contributed by atoms with Crippen LogP contribution in [0.25, 0.3) is 0 Å². The predicted octanol–water partition coefficient (Wildman–Crippen LogP) is -0.615.